The lowest BCUT2D eigenvalue weighted by atomic mass is 10.1. The van der Waals surface area contributed by atoms with Crippen LogP contribution in [0.15, 0.2) is 35.5 Å². The molecule has 23 heavy (non-hydrogen) atoms. The van der Waals surface area contributed by atoms with E-state index in [1.165, 1.54) is 0 Å². The number of ether oxygens (including phenoxy) is 1. The third-order valence-electron chi connectivity index (χ3n) is 3.79. The van der Waals surface area contributed by atoms with Crippen molar-refractivity contribution in [2.75, 3.05) is 19.8 Å². The highest BCUT2D eigenvalue weighted by Gasteiger charge is 2.27. The third kappa shape index (κ3) is 3.50. The quantitative estimate of drug-likeness (QED) is 0.619. The first-order valence-electron chi connectivity index (χ1n) is 7.59. The van der Waals surface area contributed by atoms with Crippen molar-refractivity contribution in [2.45, 2.75) is 20.0 Å². The van der Waals surface area contributed by atoms with Gasteiger partial charge in [-0.05, 0) is 13.0 Å². The van der Waals surface area contributed by atoms with Gasteiger partial charge >= 0.3 is 0 Å². The molecule has 0 saturated carbocycles. The van der Waals surface area contributed by atoms with E-state index < -0.39 is 0 Å². The van der Waals surface area contributed by atoms with E-state index in [0.29, 0.717) is 37.8 Å². The van der Waals surface area contributed by atoms with Crippen molar-refractivity contribution in [3.63, 3.8) is 0 Å². The fourth-order valence-electron chi connectivity index (χ4n) is 2.74. The minimum Gasteiger partial charge on any atom is -0.377 e. The van der Waals surface area contributed by atoms with Gasteiger partial charge in [0.25, 0.3) is 5.91 Å². The van der Waals surface area contributed by atoms with Gasteiger partial charge in [-0.25, -0.2) is 0 Å². The summed E-state index contributed by atoms with van der Waals surface area (Å²) in [5.41, 5.74) is 1.34. The molecule has 0 aromatic carbocycles. The zero-order valence-electron chi connectivity index (χ0n) is 13.1. The van der Waals surface area contributed by atoms with E-state index in [2.05, 4.69) is 16.8 Å². The molecule has 0 N–H and O–H groups in total. The number of hydrogen-bond donors (Lipinski definition) is 0. The molecule has 3 heterocycles. The average molecular weight is 316 g/mol. The summed E-state index contributed by atoms with van der Waals surface area (Å²) < 4.78 is 12.5. The third-order valence-corrected chi connectivity index (χ3v) is 3.79. The lowest BCUT2D eigenvalue weighted by Gasteiger charge is -2.23. The van der Waals surface area contributed by atoms with E-state index >= 15 is 0 Å². The van der Waals surface area contributed by atoms with Crippen molar-refractivity contribution in [3.8, 4) is 0 Å². The molecule has 2 aromatic heterocycles. The second kappa shape index (κ2) is 6.78. The van der Waals surface area contributed by atoms with Crippen LogP contribution in [-0.2, 0) is 17.8 Å². The van der Waals surface area contributed by atoms with E-state index in [1.54, 1.807) is 30.2 Å². The van der Waals surface area contributed by atoms with Gasteiger partial charge in [-0.15, -0.1) is 6.58 Å². The van der Waals surface area contributed by atoms with Crippen LogP contribution >= 0.6 is 0 Å². The fraction of sp³-hybridized carbons (Fsp3) is 0.438. The number of hydrogen-bond acceptors (Lipinski definition) is 5. The van der Waals surface area contributed by atoms with Crippen LogP contribution in [-0.4, -0.2) is 45.5 Å². The topological polar surface area (TPSA) is 73.4 Å². The van der Waals surface area contributed by atoms with Crippen LogP contribution in [0.5, 0.6) is 0 Å². The molecule has 2 aromatic rings. The Hall–Kier alpha value is -2.41. The second-order valence-corrected chi connectivity index (χ2v) is 5.71. The summed E-state index contributed by atoms with van der Waals surface area (Å²) >= 11 is 0. The molecule has 1 amide bonds. The van der Waals surface area contributed by atoms with Gasteiger partial charge < -0.3 is 14.2 Å². The molecular formula is C16H20N4O3. The van der Waals surface area contributed by atoms with Gasteiger partial charge in [0.1, 0.15) is 5.76 Å². The molecule has 0 fully saturated rings. The monoisotopic (exact) mass is 316 g/mol. The van der Waals surface area contributed by atoms with Crippen LogP contribution < -0.4 is 0 Å². The van der Waals surface area contributed by atoms with Crippen molar-refractivity contribution in [1.29, 1.82) is 0 Å². The van der Waals surface area contributed by atoms with E-state index in [-0.39, 0.29) is 11.8 Å². The highest BCUT2D eigenvalue weighted by molar-refractivity contribution is 5.92. The van der Waals surface area contributed by atoms with Crippen molar-refractivity contribution in [2.24, 2.45) is 5.92 Å². The highest BCUT2D eigenvalue weighted by Crippen LogP contribution is 2.18. The number of amides is 1. The van der Waals surface area contributed by atoms with Gasteiger partial charge in [0, 0.05) is 31.3 Å². The molecule has 7 heteroatoms. The summed E-state index contributed by atoms with van der Waals surface area (Å²) in [5, 5.41) is 8.17. The fourth-order valence-corrected chi connectivity index (χ4v) is 2.74. The van der Waals surface area contributed by atoms with Gasteiger partial charge in [-0.3, -0.25) is 9.48 Å². The zero-order chi connectivity index (χ0) is 16.2. The highest BCUT2D eigenvalue weighted by atomic mass is 16.5. The number of rotatable bonds is 5. The minimum absolute atomic E-state index is 0.134. The van der Waals surface area contributed by atoms with Crippen LogP contribution in [0.3, 0.4) is 0 Å². The summed E-state index contributed by atoms with van der Waals surface area (Å²) in [6.07, 6.45) is 3.47. The first kappa shape index (κ1) is 15.5. The summed E-state index contributed by atoms with van der Waals surface area (Å²) in [4.78, 5) is 14.5. The van der Waals surface area contributed by atoms with Crippen molar-refractivity contribution in [1.82, 2.24) is 19.8 Å². The van der Waals surface area contributed by atoms with E-state index in [9.17, 15) is 4.79 Å². The second-order valence-electron chi connectivity index (χ2n) is 5.71. The Labute approximate surface area is 134 Å². The molecule has 0 bridgehead atoms. The number of aromatic nitrogens is 3. The summed E-state index contributed by atoms with van der Waals surface area (Å²) in [6.45, 7) is 8.28. The maximum absolute atomic E-state index is 12.7. The van der Waals surface area contributed by atoms with Gasteiger partial charge in [0.05, 0.1) is 25.5 Å². The normalized spacial score (nSPS) is 17.6. The van der Waals surface area contributed by atoms with Crippen LogP contribution in [0, 0.1) is 12.8 Å². The van der Waals surface area contributed by atoms with E-state index in [1.807, 2.05) is 10.7 Å². The van der Waals surface area contributed by atoms with Crippen LogP contribution in [0.1, 0.15) is 21.9 Å². The number of nitrogens with zero attached hydrogens (tertiary/aromatic N) is 4. The Morgan fingerprint density at radius 1 is 1.57 bits per heavy atom. The van der Waals surface area contributed by atoms with Crippen molar-refractivity contribution in [3.05, 3.63) is 48.1 Å². The average Bonchev–Trinajstić information content (AvgIpc) is 3.12. The van der Waals surface area contributed by atoms with Gasteiger partial charge in [0.2, 0.25) is 0 Å². The van der Waals surface area contributed by atoms with Gasteiger partial charge in [0.15, 0.2) is 5.69 Å². The summed E-state index contributed by atoms with van der Waals surface area (Å²) in [5.74, 6) is 0.650. The Morgan fingerprint density at radius 3 is 3.17 bits per heavy atom. The molecule has 1 aliphatic heterocycles. The molecule has 0 saturated heterocycles. The minimum atomic E-state index is -0.134. The molecule has 0 aliphatic carbocycles. The van der Waals surface area contributed by atoms with E-state index in [0.717, 1.165) is 12.2 Å². The molecule has 1 aliphatic rings. The SMILES string of the molecule is C=CCOC[C@@H]1CN(C(=O)c2cc(C)on2)Cc2ccnn2C1. The maximum Gasteiger partial charge on any atom is 0.276 e. The lowest BCUT2D eigenvalue weighted by Crippen LogP contribution is -2.35. The predicted molar refractivity (Wildman–Crippen MR) is 82.7 cm³/mol. The molecule has 0 radical (unpaired) electrons. The van der Waals surface area contributed by atoms with Crippen LogP contribution in [0.25, 0.3) is 0 Å². The van der Waals surface area contributed by atoms with Crippen molar-refractivity contribution >= 4 is 5.91 Å². The zero-order valence-corrected chi connectivity index (χ0v) is 13.1. The molecule has 122 valence electrons. The first-order chi connectivity index (χ1) is 11.2. The van der Waals surface area contributed by atoms with E-state index in [4.69, 9.17) is 9.26 Å². The van der Waals surface area contributed by atoms with Crippen LogP contribution in [0.2, 0.25) is 0 Å². The molecular weight excluding hydrogens is 296 g/mol. The largest absolute Gasteiger partial charge is 0.377 e. The van der Waals surface area contributed by atoms with Crippen molar-refractivity contribution < 1.29 is 14.1 Å². The molecule has 7 nitrogen and oxygen atoms in total. The smallest absolute Gasteiger partial charge is 0.276 e. The summed E-state index contributed by atoms with van der Waals surface area (Å²) in [7, 11) is 0. The number of carbonyl (C=O) groups is 1. The molecule has 0 unspecified atom stereocenters. The standard InChI is InChI=1S/C16H20N4O3/c1-3-6-22-11-13-8-19(10-14-4-5-17-20(14)9-13)16(21)15-7-12(2)23-18-15/h3-5,7,13H,1,6,8-11H2,2H3/t13-/m1/s1. The Morgan fingerprint density at radius 2 is 2.43 bits per heavy atom. The molecule has 0 spiro atoms. The Kier molecular flexibility index (Phi) is 4.57. The molecule has 1 atom stereocenters. The lowest BCUT2D eigenvalue weighted by molar-refractivity contribution is 0.0628. The Balaban J connectivity index is 1.78. The summed E-state index contributed by atoms with van der Waals surface area (Å²) in [6, 6.07) is 3.59. The number of fused-ring (bicyclic) bond motifs is 1. The predicted octanol–water partition coefficient (Wildman–Crippen LogP) is 1.65. The first-order valence-corrected chi connectivity index (χ1v) is 7.59. The number of aryl methyl sites for hydroxylation is 1. The van der Waals surface area contributed by atoms with Gasteiger partial charge in [-0.2, -0.15) is 5.10 Å². The maximum atomic E-state index is 12.7. The van der Waals surface area contributed by atoms with Gasteiger partial charge in [-0.1, -0.05) is 11.2 Å². The van der Waals surface area contributed by atoms with Crippen LogP contribution in [0.4, 0.5) is 0 Å². The Bertz CT molecular complexity index is 691. The molecule has 3 rings (SSSR count). The number of carbonyl (C=O) groups excluding carboxylic acids is 1.